The lowest BCUT2D eigenvalue weighted by Gasteiger charge is -2.12. The lowest BCUT2D eigenvalue weighted by atomic mass is 10.1. The Labute approximate surface area is 133 Å². The van der Waals surface area contributed by atoms with Crippen molar-refractivity contribution < 1.29 is 14.1 Å². The molecule has 7 nitrogen and oxygen atoms in total. The van der Waals surface area contributed by atoms with E-state index in [-0.39, 0.29) is 11.4 Å². The third kappa shape index (κ3) is 3.88. The quantitative estimate of drug-likeness (QED) is 0.646. The maximum Gasteiger partial charge on any atom is 0.271 e. The number of benzene rings is 1. The number of nitrogens with one attached hydrogen (secondary N) is 1. The molecule has 22 heavy (non-hydrogen) atoms. The minimum atomic E-state index is -0.729. The highest BCUT2D eigenvalue weighted by Gasteiger charge is 2.18. The molecule has 0 aliphatic carbocycles. The molecule has 0 radical (unpaired) electrons. The maximum absolute atomic E-state index is 13.6. The smallest absolute Gasteiger partial charge is 0.271 e. The number of carbonyl (C=O) groups is 1. The number of rotatable bonds is 5. The van der Waals surface area contributed by atoms with E-state index in [9.17, 15) is 19.3 Å². The first kappa shape index (κ1) is 16.1. The van der Waals surface area contributed by atoms with Crippen molar-refractivity contribution >= 4 is 33.2 Å². The second kappa shape index (κ2) is 6.65. The van der Waals surface area contributed by atoms with E-state index in [4.69, 9.17) is 0 Å². The van der Waals surface area contributed by atoms with Crippen LogP contribution in [0.5, 0.6) is 0 Å². The van der Waals surface area contributed by atoms with Gasteiger partial charge in [-0.15, -0.1) is 0 Å². The molecular weight excluding hydrogens is 359 g/mol. The summed E-state index contributed by atoms with van der Waals surface area (Å²) >= 11 is 3.25. The summed E-state index contributed by atoms with van der Waals surface area (Å²) in [5.74, 6) is -1.68. The van der Waals surface area contributed by atoms with Gasteiger partial charge in [-0.1, -0.05) is 6.92 Å². The number of non-ortho nitro benzene ring substituents is 1. The molecule has 9 heteroatoms. The van der Waals surface area contributed by atoms with E-state index in [0.29, 0.717) is 6.54 Å². The predicted molar refractivity (Wildman–Crippen MR) is 80.8 cm³/mol. The van der Waals surface area contributed by atoms with E-state index < -0.39 is 22.6 Å². The summed E-state index contributed by atoms with van der Waals surface area (Å²) in [7, 11) is 0. The fourth-order valence-electron chi connectivity index (χ4n) is 1.78. The van der Waals surface area contributed by atoms with Gasteiger partial charge >= 0.3 is 0 Å². The van der Waals surface area contributed by atoms with Crippen molar-refractivity contribution in [2.24, 2.45) is 5.92 Å². The number of nitro groups is 1. The molecule has 0 spiro atoms. The van der Waals surface area contributed by atoms with Gasteiger partial charge in [0.05, 0.1) is 33.7 Å². The molecule has 0 fully saturated rings. The molecule has 1 aromatic heterocycles. The predicted octanol–water partition coefficient (Wildman–Crippen LogP) is 2.97. The molecule has 1 amide bonds. The van der Waals surface area contributed by atoms with Crippen LogP contribution in [0, 0.1) is 21.8 Å². The summed E-state index contributed by atoms with van der Waals surface area (Å²) in [6, 6.07) is 2.98. The number of amides is 1. The molecule has 0 bridgehead atoms. The lowest BCUT2D eigenvalue weighted by molar-refractivity contribution is -0.384. The van der Waals surface area contributed by atoms with Crippen LogP contribution in [0.15, 0.2) is 35.1 Å². The van der Waals surface area contributed by atoms with E-state index in [1.807, 2.05) is 0 Å². The Morgan fingerprint density at radius 1 is 1.59 bits per heavy atom. The summed E-state index contributed by atoms with van der Waals surface area (Å²) in [4.78, 5) is 22.1. The molecule has 116 valence electrons. The van der Waals surface area contributed by atoms with Crippen LogP contribution in [0.4, 0.5) is 15.8 Å². The number of anilines is 1. The van der Waals surface area contributed by atoms with Crippen molar-refractivity contribution in [1.82, 2.24) is 9.78 Å². The molecule has 1 atom stereocenters. The van der Waals surface area contributed by atoms with Gasteiger partial charge in [0, 0.05) is 18.3 Å². The highest BCUT2D eigenvalue weighted by Crippen LogP contribution is 2.22. The first-order valence-electron chi connectivity index (χ1n) is 6.29. The molecule has 0 aliphatic rings. The number of aromatic nitrogens is 2. The molecule has 1 N–H and O–H groups in total. The van der Waals surface area contributed by atoms with Crippen LogP contribution in [-0.2, 0) is 11.3 Å². The lowest BCUT2D eigenvalue weighted by Crippen LogP contribution is -2.25. The van der Waals surface area contributed by atoms with Gasteiger partial charge in [0.25, 0.3) is 5.69 Å². The van der Waals surface area contributed by atoms with Crippen LogP contribution in [0.25, 0.3) is 0 Å². The molecule has 0 saturated heterocycles. The van der Waals surface area contributed by atoms with Gasteiger partial charge in [-0.05, 0) is 22.0 Å². The number of carbonyl (C=O) groups excluding carboxylic acids is 1. The van der Waals surface area contributed by atoms with Crippen molar-refractivity contribution in [1.29, 1.82) is 0 Å². The molecule has 0 aliphatic heterocycles. The second-order valence-corrected chi connectivity index (χ2v) is 5.61. The Bertz CT molecular complexity index is 719. The number of nitrogens with zero attached hydrogens (tertiary/aromatic N) is 3. The fraction of sp³-hybridized carbons (Fsp3) is 0.231. The summed E-state index contributed by atoms with van der Waals surface area (Å²) in [5.41, 5.74) is -0.506. The standard InChI is InChI=1S/C13H12BrFN4O3/c1-8(6-18-7-9(14)5-16-18)13(20)17-12-4-10(19(21)22)2-3-11(12)15/h2-5,7-8H,6H2,1H3,(H,17,20). The summed E-state index contributed by atoms with van der Waals surface area (Å²) in [6.45, 7) is 1.95. The Balaban J connectivity index is 2.07. The van der Waals surface area contributed by atoms with Crippen molar-refractivity contribution in [3.63, 3.8) is 0 Å². The van der Waals surface area contributed by atoms with E-state index in [1.165, 1.54) is 0 Å². The zero-order valence-corrected chi connectivity index (χ0v) is 13.1. The zero-order valence-electron chi connectivity index (χ0n) is 11.5. The first-order valence-corrected chi connectivity index (χ1v) is 7.09. The highest BCUT2D eigenvalue weighted by molar-refractivity contribution is 9.10. The normalized spacial score (nSPS) is 12.0. The average Bonchev–Trinajstić information content (AvgIpc) is 2.86. The van der Waals surface area contributed by atoms with E-state index in [0.717, 1.165) is 22.7 Å². The topological polar surface area (TPSA) is 90.1 Å². The molecule has 0 saturated carbocycles. The number of hydrogen-bond acceptors (Lipinski definition) is 4. The van der Waals surface area contributed by atoms with Crippen LogP contribution in [-0.4, -0.2) is 20.6 Å². The van der Waals surface area contributed by atoms with Gasteiger partial charge in [-0.2, -0.15) is 5.10 Å². The van der Waals surface area contributed by atoms with E-state index in [1.54, 1.807) is 24.0 Å². The van der Waals surface area contributed by atoms with Crippen LogP contribution in [0.3, 0.4) is 0 Å². The number of halogens is 2. The van der Waals surface area contributed by atoms with Crippen molar-refractivity contribution in [3.8, 4) is 0 Å². The van der Waals surface area contributed by atoms with Gasteiger partial charge in [-0.3, -0.25) is 19.6 Å². The Morgan fingerprint density at radius 2 is 2.32 bits per heavy atom. The van der Waals surface area contributed by atoms with Crippen LogP contribution >= 0.6 is 15.9 Å². The summed E-state index contributed by atoms with van der Waals surface area (Å²) in [6.07, 6.45) is 3.29. The Kier molecular flexibility index (Phi) is 4.86. The van der Waals surface area contributed by atoms with E-state index >= 15 is 0 Å². The summed E-state index contributed by atoms with van der Waals surface area (Å²) < 4.78 is 16.0. The molecule has 1 unspecified atom stereocenters. The largest absolute Gasteiger partial charge is 0.323 e. The minimum Gasteiger partial charge on any atom is -0.323 e. The molecular formula is C13H12BrFN4O3. The van der Waals surface area contributed by atoms with Crippen LogP contribution < -0.4 is 5.32 Å². The molecule has 2 rings (SSSR count). The first-order chi connectivity index (χ1) is 10.4. The van der Waals surface area contributed by atoms with Gasteiger partial charge < -0.3 is 5.32 Å². The van der Waals surface area contributed by atoms with Gasteiger partial charge in [0.15, 0.2) is 0 Å². The van der Waals surface area contributed by atoms with Crippen molar-refractivity contribution in [2.45, 2.75) is 13.5 Å². The second-order valence-electron chi connectivity index (χ2n) is 4.69. The monoisotopic (exact) mass is 370 g/mol. The third-order valence-corrected chi connectivity index (χ3v) is 3.34. The Morgan fingerprint density at radius 3 is 2.91 bits per heavy atom. The SMILES string of the molecule is CC(Cn1cc(Br)cn1)C(=O)Nc1cc([N+](=O)[O-])ccc1F. The van der Waals surface area contributed by atoms with Crippen LogP contribution in [0.1, 0.15) is 6.92 Å². The number of nitro benzene ring substituents is 1. The fourth-order valence-corrected chi connectivity index (χ4v) is 2.11. The highest BCUT2D eigenvalue weighted by atomic mass is 79.9. The third-order valence-electron chi connectivity index (χ3n) is 2.93. The van der Waals surface area contributed by atoms with Crippen molar-refractivity contribution in [2.75, 3.05) is 5.32 Å². The molecule has 2 aromatic rings. The minimum absolute atomic E-state index is 0.215. The average molecular weight is 371 g/mol. The Hall–Kier alpha value is -2.29. The molecule has 1 aromatic carbocycles. The van der Waals surface area contributed by atoms with Gasteiger partial charge in [-0.25, -0.2) is 4.39 Å². The summed E-state index contributed by atoms with van der Waals surface area (Å²) in [5, 5.41) is 17.1. The number of hydrogen-bond donors (Lipinski definition) is 1. The molecule has 1 heterocycles. The van der Waals surface area contributed by atoms with Crippen molar-refractivity contribution in [3.05, 3.63) is 51.0 Å². The van der Waals surface area contributed by atoms with Crippen LogP contribution in [0.2, 0.25) is 0 Å². The van der Waals surface area contributed by atoms with E-state index in [2.05, 4.69) is 26.3 Å². The maximum atomic E-state index is 13.6. The van der Waals surface area contributed by atoms with Gasteiger partial charge in [0.1, 0.15) is 5.82 Å². The van der Waals surface area contributed by atoms with Gasteiger partial charge in [0.2, 0.25) is 5.91 Å². The zero-order chi connectivity index (χ0) is 16.3.